The zero-order valence-electron chi connectivity index (χ0n) is 22.3. The monoisotopic (exact) mass is 496 g/mol. The lowest BCUT2D eigenvalue weighted by atomic mass is 10.0. The fourth-order valence-electron chi connectivity index (χ4n) is 5.18. The molecular formula is C27H31FN4O4. The summed E-state index contributed by atoms with van der Waals surface area (Å²) in [5.41, 5.74) is 1.56. The molecule has 3 unspecified atom stereocenters. The van der Waals surface area contributed by atoms with E-state index in [2.05, 4.69) is 15.5 Å². The van der Waals surface area contributed by atoms with Gasteiger partial charge in [-0.05, 0) is 32.4 Å². The van der Waals surface area contributed by atoms with Gasteiger partial charge in [-0.2, -0.15) is 0 Å². The van der Waals surface area contributed by atoms with E-state index >= 15 is 4.39 Å². The fourth-order valence-corrected chi connectivity index (χ4v) is 5.18. The van der Waals surface area contributed by atoms with Gasteiger partial charge in [0.05, 0.1) is 14.9 Å². The summed E-state index contributed by atoms with van der Waals surface area (Å²) in [6, 6.07) is 8.90. The van der Waals surface area contributed by atoms with Gasteiger partial charge in [0, 0.05) is 67.0 Å². The van der Waals surface area contributed by atoms with Gasteiger partial charge in [0.25, 0.3) is 5.91 Å². The van der Waals surface area contributed by atoms with Crippen molar-refractivity contribution in [2.75, 3.05) is 18.4 Å². The number of nitrogens with one attached hydrogen (secondary N) is 2. The molecule has 5 rings (SSSR count). The molecule has 2 aromatic carbocycles. The number of morpholine rings is 1. The summed E-state index contributed by atoms with van der Waals surface area (Å²) in [4.78, 5) is 40.3. The number of carbonyl (C=O) groups is 3. The second kappa shape index (κ2) is 9.99. The van der Waals surface area contributed by atoms with E-state index in [1.165, 1.54) is 6.07 Å². The Morgan fingerprint density at radius 1 is 1.11 bits per heavy atom. The van der Waals surface area contributed by atoms with E-state index in [-0.39, 0.29) is 48.5 Å². The maximum absolute atomic E-state index is 15.5. The van der Waals surface area contributed by atoms with Gasteiger partial charge in [0.15, 0.2) is 0 Å². The van der Waals surface area contributed by atoms with E-state index in [4.69, 9.17) is 7.48 Å². The molecule has 2 aromatic rings. The minimum atomic E-state index is -2.30. The van der Waals surface area contributed by atoms with Gasteiger partial charge in [0.2, 0.25) is 11.8 Å². The van der Waals surface area contributed by atoms with E-state index in [0.29, 0.717) is 23.4 Å². The largest absolute Gasteiger partial charge is 0.381 e. The number of carbonyl (C=O) groups excluding carboxylic acids is 3. The highest BCUT2D eigenvalue weighted by atomic mass is 19.1. The van der Waals surface area contributed by atoms with Gasteiger partial charge in [-0.15, -0.1) is 0 Å². The van der Waals surface area contributed by atoms with Crippen LogP contribution in [-0.2, 0) is 33.9 Å². The summed E-state index contributed by atoms with van der Waals surface area (Å²) in [5.74, 6) is -2.09. The quantitative estimate of drug-likeness (QED) is 0.598. The fraction of sp³-hybridized carbons (Fsp3) is 0.444. The van der Waals surface area contributed by atoms with Crippen molar-refractivity contribution < 1.29 is 26.3 Å². The van der Waals surface area contributed by atoms with Gasteiger partial charge in [0.1, 0.15) is 11.9 Å². The van der Waals surface area contributed by atoms with Crippen molar-refractivity contribution in [3.8, 4) is 0 Å². The van der Waals surface area contributed by atoms with Gasteiger partial charge < -0.3 is 15.0 Å². The number of nitrogens with zero attached hydrogens (tertiary/aromatic N) is 2. The molecule has 0 radical (unpaired) electrons. The highest BCUT2D eigenvalue weighted by Gasteiger charge is 2.39. The maximum Gasteiger partial charge on any atom is 0.255 e. The van der Waals surface area contributed by atoms with Crippen LogP contribution >= 0.6 is 0 Å². The number of rotatable bonds is 6. The maximum atomic E-state index is 15.5. The summed E-state index contributed by atoms with van der Waals surface area (Å²) in [6.07, 6.45) is 0.217. The van der Waals surface area contributed by atoms with Crippen molar-refractivity contribution >= 4 is 23.4 Å². The third kappa shape index (κ3) is 4.85. The van der Waals surface area contributed by atoms with Crippen molar-refractivity contribution in [3.63, 3.8) is 0 Å². The van der Waals surface area contributed by atoms with Gasteiger partial charge in [-0.1, -0.05) is 24.3 Å². The lowest BCUT2D eigenvalue weighted by molar-refractivity contribution is -0.136. The van der Waals surface area contributed by atoms with Crippen molar-refractivity contribution in [3.05, 3.63) is 64.5 Å². The normalized spacial score (nSPS) is 26.8. The molecule has 3 amide bonds. The average Bonchev–Trinajstić information content (AvgIpc) is 3.05. The summed E-state index contributed by atoms with van der Waals surface area (Å²) in [5, 5.41) is 5.31. The van der Waals surface area contributed by atoms with Gasteiger partial charge in [-0.3, -0.25) is 24.6 Å². The predicted octanol–water partition coefficient (Wildman–Crippen LogP) is 2.81. The number of ether oxygens (including phenoxy) is 1. The van der Waals surface area contributed by atoms with Crippen LogP contribution in [0.2, 0.25) is 0 Å². The van der Waals surface area contributed by atoms with Crippen molar-refractivity contribution in [2.24, 2.45) is 0 Å². The Labute approximate surface area is 212 Å². The first kappa shape index (κ1) is 21.9. The molecule has 3 aliphatic heterocycles. The molecular weight excluding hydrogens is 463 g/mol. The van der Waals surface area contributed by atoms with Crippen LogP contribution in [0.1, 0.15) is 56.5 Å². The van der Waals surface area contributed by atoms with Crippen molar-refractivity contribution in [2.45, 2.75) is 64.5 Å². The number of fused-ring (bicyclic) bond motifs is 1. The summed E-state index contributed by atoms with van der Waals surface area (Å²) in [6.45, 7) is 3.67. The van der Waals surface area contributed by atoms with Crippen molar-refractivity contribution in [1.82, 2.24) is 15.1 Å². The minimum Gasteiger partial charge on any atom is -0.381 e. The van der Waals surface area contributed by atoms with Gasteiger partial charge in [-0.25, -0.2) is 4.39 Å². The Hall–Kier alpha value is -3.30. The minimum absolute atomic E-state index is 0.0234. The molecule has 0 spiro atoms. The van der Waals surface area contributed by atoms with E-state index < -0.39 is 30.3 Å². The number of benzene rings is 2. The lowest BCUT2D eigenvalue weighted by Gasteiger charge is -2.35. The van der Waals surface area contributed by atoms with E-state index in [9.17, 15) is 14.4 Å². The molecule has 8 nitrogen and oxygen atoms in total. The van der Waals surface area contributed by atoms with E-state index in [0.717, 1.165) is 18.0 Å². The van der Waals surface area contributed by atoms with E-state index in [1.807, 2.05) is 13.8 Å². The molecule has 0 bridgehead atoms. The molecule has 9 heteroatoms. The molecule has 36 heavy (non-hydrogen) atoms. The summed E-state index contributed by atoms with van der Waals surface area (Å²) < 4.78 is 38.8. The van der Waals surface area contributed by atoms with Crippen LogP contribution in [0.3, 0.4) is 0 Å². The standard InChI is InChI=1S/C27H31FN4O4/c1-16-12-31(13-17(2)36-16)14-19-6-3-5-18(25(19)28)11-29-22-8-4-7-20-21(22)15-32(27(20)35)23-9-10-24(33)30-26(23)34/h3-8,16-17,23,29H,9-15H2,1-2H3,(H,30,33,34)/i15D2. The zero-order chi connectivity index (χ0) is 27.2. The number of halogens is 1. The molecule has 2 N–H and O–H groups in total. The Morgan fingerprint density at radius 3 is 2.58 bits per heavy atom. The molecule has 2 saturated heterocycles. The summed E-state index contributed by atoms with van der Waals surface area (Å²) in [7, 11) is 0. The van der Waals surface area contributed by atoms with Crippen LogP contribution in [0, 0.1) is 5.82 Å². The number of hydrogen-bond donors (Lipinski definition) is 2. The topological polar surface area (TPSA) is 91.0 Å². The Bertz CT molecular complexity index is 1280. The van der Waals surface area contributed by atoms with Crippen LogP contribution in [0.5, 0.6) is 0 Å². The number of piperidine rings is 1. The van der Waals surface area contributed by atoms with Crippen LogP contribution in [0.25, 0.3) is 0 Å². The van der Waals surface area contributed by atoms with Gasteiger partial charge >= 0.3 is 0 Å². The molecule has 190 valence electrons. The first-order valence-electron chi connectivity index (χ1n) is 13.2. The first-order valence-corrected chi connectivity index (χ1v) is 12.2. The molecule has 0 saturated carbocycles. The van der Waals surface area contributed by atoms with Crippen LogP contribution in [0.4, 0.5) is 10.1 Å². The molecule has 3 atom stereocenters. The van der Waals surface area contributed by atoms with Crippen molar-refractivity contribution in [1.29, 1.82) is 0 Å². The second-order valence-corrected chi connectivity index (χ2v) is 9.68. The Balaban J connectivity index is 1.36. The third-order valence-corrected chi connectivity index (χ3v) is 6.78. The molecule has 3 aliphatic rings. The molecule has 0 aliphatic carbocycles. The van der Waals surface area contributed by atoms with Crippen LogP contribution in [0.15, 0.2) is 36.4 Å². The predicted molar refractivity (Wildman–Crippen MR) is 131 cm³/mol. The Morgan fingerprint density at radius 2 is 1.83 bits per heavy atom. The molecule has 0 aromatic heterocycles. The smallest absolute Gasteiger partial charge is 0.255 e. The first-order chi connectivity index (χ1) is 18.1. The number of amides is 3. The highest BCUT2D eigenvalue weighted by molar-refractivity contribution is 6.06. The molecule has 3 heterocycles. The van der Waals surface area contributed by atoms with Crippen LogP contribution < -0.4 is 10.6 Å². The average molecular weight is 497 g/mol. The number of anilines is 1. The summed E-state index contributed by atoms with van der Waals surface area (Å²) >= 11 is 0. The third-order valence-electron chi connectivity index (χ3n) is 6.78. The number of imide groups is 1. The SMILES string of the molecule is [2H]C1([2H])c2c(NCc3cccc(CN4CC(C)OC(C)C4)c3F)cccc2C(=O)N1C1CCC(=O)NC1=O. The van der Waals surface area contributed by atoms with Crippen LogP contribution in [-0.4, -0.2) is 58.9 Å². The Kier molecular flexibility index (Phi) is 6.09. The van der Waals surface area contributed by atoms with E-state index in [1.54, 1.807) is 30.3 Å². The highest BCUT2D eigenvalue weighted by Crippen LogP contribution is 2.32. The second-order valence-electron chi connectivity index (χ2n) is 9.68. The molecule has 2 fully saturated rings. The number of hydrogen-bond acceptors (Lipinski definition) is 6. The lowest BCUT2D eigenvalue weighted by Crippen LogP contribution is -2.52. The zero-order valence-corrected chi connectivity index (χ0v) is 20.3.